The zero-order valence-corrected chi connectivity index (χ0v) is 14.2. The van der Waals surface area contributed by atoms with E-state index < -0.39 is 17.4 Å². The summed E-state index contributed by atoms with van der Waals surface area (Å²) >= 11 is 0. The molecule has 1 fully saturated rings. The van der Waals surface area contributed by atoms with Crippen molar-refractivity contribution in [2.24, 2.45) is 5.92 Å². The third kappa shape index (κ3) is 4.84. The average Bonchev–Trinajstić information content (AvgIpc) is 3.40. The summed E-state index contributed by atoms with van der Waals surface area (Å²) in [4.78, 5) is 12.2. The first kappa shape index (κ1) is 17.0. The third-order valence-electron chi connectivity index (χ3n) is 3.64. The molecule has 4 heteroatoms. The lowest BCUT2D eigenvalue weighted by Crippen LogP contribution is -2.26. The molecule has 1 saturated carbocycles. The van der Waals surface area contributed by atoms with Gasteiger partial charge in [0.25, 0.3) is 0 Å². The van der Waals surface area contributed by atoms with Gasteiger partial charge < -0.3 is 9.47 Å². The third-order valence-corrected chi connectivity index (χ3v) is 3.64. The predicted molar refractivity (Wildman–Crippen MR) is 93.0 cm³/mol. The fraction of sp³-hybridized carbons (Fsp3) is 0.286. The first-order chi connectivity index (χ1) is 11.9. The molecule has 0 aliphatic heterocycles. The molecule has 128 valence electrons. The molecule has 0 heterocycles. The van der Waals surface area contributed by atoms with Gasteiger partial charge in [-0.3, -0.25) is 0 Å². The van der Waals surface area contributed by atoms with Gasteiger partial charge in [-0.25, -0.2) is 9.18 Å². The first-order valence-corrected chi connectivity index (χ1v) is 8.21. The minimum absolute atomic E-state index is 0.0161. The molecule has 1 aliphatic carbocycles. The number of benzene rings is 2. The van der Waals surface area contributed by atoms with E-state index in [-0.39, 0.29) is 11.3 Å². The lowest BCUT2D eigenvalue weighted by molar-refractivity contribution is 0.0733. The van der Waals surface area contributed by atoms with Gasteiger partial charge in [0, 0.05) is 5.92 Å². The van der Waals surface area contributed by atoms with Crippen molar-refractivity contribution in [1.29, 1.82) is 0 Å². The molecule has 3 nitrogen and oxygen atoms in total. The van der Waals surface area contributed by atoms with Gasteiger partial charge in [-0.1, -0.05) is 30.0 Å². The van der Waals surface area contributed by atoms with Gasteiger partial charge in [0.1, 0.15) is 5.75 Å². The van der Waals surface area contributed by atoms with Crippen LogP contribution >= 0.6 is 0 Å². The molecule has 0 saturated heterocycles. The highest BCUT2D eigenvalue weighted by Crippen LogP contribution is 2.29. The van der Waals surface area contributed by atoms with Gasteiger partial charge in [-0.15, -0.1) is 0 Å². The van der Waals surface area contributed by atoms with E-state index in [9.17, 15) is 9.18 Å². The summed E-state index contributed by atoms with van der Waals surface area (Å²) in [5.74, 6) is 5.87. The highest BCUT2D eigenvalue weighted by molar-refractivity contribution is 5.91. The summed E-state index contributed by atoms with van der Waals surface area (Å²) in [6, 6.07) is 12.6. The summed E-state index contributed by atoms with van der Waals surface area (Å²) in [5.41, 5.74) is -0.628. The molecule has 3 rings (SSSR count). The van der Waals surface area contributed by atoms with E-state index >= 15 is 0 Å². The van der Waals surface area contributed by atoms with Crippen LogP contribution in [0, 0.1) is 23.6 Å². The topological polar surface area (TPSA) is 35.5 Å². The van der Waals surface area contributed by atoms with Gasteiger partial charge >= 0.3 is 5.97 Å². The molecule has 0 unspecified atom stereocenters. The van der Waals surface area contributed by atoms with Crippen LogP contribution in [0.2, 0.25) is 0 Å². The molecule has 0 aromatic heterocycles. The highest BCUT2D eigenvalue weighted by Gasteiger charge is 2.23. The van der Waals surface area contributed by atoms with Crippen LogP contribution in [0.25, 0.3) is 0 Å². The van der Waals surface area contributed by atoms with Gasteiger partial charge in [-0.2, -0.15) is 0 Å². The molecule has 0 amide bonds. The van der Waals surface area contributed by atoms with Crippen LogP contribution in [0.15, 0.2) is 48.5 Å². The minimum atomic E-state index is -0.842. The predicted octanol–water partition coefficient (Wildman–Crippen LogP) is 4.62. The van der Waals surface area contributed by atoms with E-state index in [4.69, 9.17) is 9.47 Å². The zero-order valence-electron chi connectivity index (χ0n) is 14.2. The standard InChI is InChI=1S/C21H19FO3/c1-21(2,13-12-15-8-9-15)25-19-14-16(10-11-18(19)22)20(23)24-17-6-4-3-5-7-17/h3-7,10-11,14-15H,8-9H2,1-2H3. The molecule has 25 heavy (non-hydrogen) atoms. The average molecular weight is 338 g/mol. The van der Waals surface area contributed by atoms with Crippen molar-refractivity contribution in [3.8, 4) is 23.3 Å². The van der Waals surface area contributed by atoms with Crippen LogP contribution < -0.4 is 9.47 Å². The Bertz CT molecular complexity index is 827. The monoisotopic (exact) mass is 338 g/mol. The Morgan fingerprint density at radius 3 is 2.56 bits per heavy atom. The zero-order chi connectivity index (χ0) is 17.9. The van der Waals surface area contributed by atoms with Crippen LogP contribution in [0.3, 0.4) is 0 Å². The summed E-state index contributed by atoms with van der Waals surface area (Å²) in [6.45, 7) is 3.55. The van der Waals surface area contributed by atoms with E-state index in [1.54, 1.807) is 38.1 Å². The number of hydrogen-bond donors (Lipinski definition) is 0. The Kier molecular flexibility index (Phi) is 4.76. The largest absolute Gasteiger partial charge is 0.472 e. The maximum atomic E-state index is 14.1. The molecular weight excluding hydrogens is 319 g/mol. The van der Waals surface area contributed by atoms with E-state index in [0.717, 1.165) is 12.8 Å². The van der Waals surface area contributed by atoms with Crippen molar-refractivity contribution in [1.82, 2.24) is 0 Å². The summed E-state index contributed by atoms with van der Waals surface area (Å²) in [5, 5.41) is 0. The number of carbonyl (C=O) groups excluding carboxylic acids is 1. The van der Waals surface area contributed by atoms with Crippen LogP contribution in [-0.2, 0) is 0 Å². The van der Waals surface area contributed by atoms with E-state index in [1.807, 2.05) is 6.07 Å². The number of hydrogen-bond acceptors (Lipinski definition) is 3. The Balaban J connectivity index is 1.76. The van der Waals surface area contributed by atoms with Gasteiger partial charge in [0.15, 0.2) is 17.2 Å². The minimum Gasteiger partial charge on any atom is -0.472 e. The molecule has 0 spiro atoms. The van der Waals surface area contributed by atoms with Crippen LogP contribution in [0.1, 0.15) is 37.0 Å². The number of esters is 1. The van der Waals surface area contributed by atoms with Gasteiger partial charge in [0.05, 0.1) is 5.56 Å². The second kappa shape index (κ2) is 6.98. The molecule has 2 aromatic rings. The van der Waals surface area contributed by atoms with Crippen LogP contribution in [-0.4, -0.2) is 11.6 Å². The molecule has 0 bridgehead atoms. The molecule has 0 radical (unpaired) electrons. The smallest absolute Gasteiger partial charge is 0.343 e. The Labute approximate surface area is 146 Å². The number of para-hydroxylation sites is 1. The molecular formula is C21H19FO3. The number of halogens is 1. The fourth-order valence-electron chi connectivity index (χ4n) is 2.17. The summed E-state index contributed by atoms with van der Waals surface area (Å²) in [7, 11) is 0. The molecule has 2 aromatic carbocycles. The van der Waals surface area contributed by atoms with Crippen LogP contribution in [0.4, 0.5) is 4.39 Å². The lowest BCUT2D eigenvalue weighted by Gasteiger charge is -2.21. The normalized spacial score (nSPS) is 13.6. The number of ether oxygens (including phenoxy) is 2. The second-order valence-corrected chi connectivity index (χ2v) is 6.50. The summed E-state index contributed by atoms with van der Waals surface area (Å²) in [6.07, 6.45) is 2.22. The van der Waals surface area contributed by atoms with Crippen molar-refractivity contribution >= 4 is 5.97 Å². The van der Waals surface area contributed by atoms with E-state index in [2.05, 4.69) is 11.8 Å². The highest BCUT2D eigenvalue weighted by atomic mass is 19.1. The Hall–Kier alpha value is -2.80. The maximum Gasteiger partial charge on any atom is 0.343 e. The molecule has 1 aliphatic rings. The second-order valence-electron chi connectivity index (χ2n) is 6.50. The summed E-state index contributed by atoms with van der Waals surface area (Å²) < 4.78 is 25.0. The van der Waals surface area contributed by atoms with Crippen LogP contribution in [0.5, 0.6) is 11.5 Å². The van der Waals surface area contributed by atoms with E-state index in [0.29, 0.717) is 11.7 Å². The van der Waals surface area contributed by atoms with Gasteiger partial charge in [-0.05, 0) is 57.0 Å². The molecule has 0 atom stereocenters. The maximum absolute atomic E-state index is 14.1. The number of rotatable bonds is 4. The first-order valence-electron chi connectivity index (χ1n) is 8.21. The fourth-order valence-corrected chi connectivity index (χ4v) is 2.17. The molecule has 0 N–H and O–H groups in total. The quantitative estimate of drug-likeness (QED) is 0.464. The van der Waals surface area contributed by atoms with Crippen molar-refractivity contribution < 1.29 is 18.7 Å². The van der Waals surface area contributed by atoms with Crippen molar-refractivity contribution in [3.63, 3.8) is 0 Å². The van der Waals surface area contributed by atoms with Gasteiger partial charge in [0.2, 0.25) is 0 Å². The van der Waals surface area contributed by atoms with Crippen molar-refractivity contribution in [3.05, 3.63) is 59.9 Å². The van der Waals surface area contributed by atoms with Crippen molar-refractivity contribution in [2.45, 2.75) is 32.3 Å². The lowest BCUT2D eigenvalue weighted by atomic mass is 10.1. The number of carbonyl (C=O) groups is 1. The SMILES string of the molecule is CC(C)(C#CC1CC1)Oc1cc(C(=O)Oc2ccccc2)ccc1F. The Morgan fingerprint density at radius 1 is 1.16 bits per heavy atom. The Morgan fingerprint density at radius 2 is 1.88 bits per heavy atom. The van der Waals surface area contributed by atoms with E-state index in [1.165, 1.54) is 18.2 Å². The van der Waals surface area contributed by atoms with Crippen molar-refractivity contribution in [2.75, 3.05) is 0 Å².